The van der Waals surface area contributed by atoms with Gasteiger partial charge in [-0.2, -0.15) is 0 Å². The van der Waals surface area contributed by atoms with Gasteiger partial charge in [-0.05, 0) is 19.3 Å². The number of amides is 1. The van der Waals surface area contributed by atoms with Crippen LogP contribution in [-0.2, 0) is 4.79 Å². The first kappa shape index (κ1) is 10.5. The molecule has 0 radical (unpaired) electrons. The SMILES string of the molecule is CCCN=C1NC(=O)C2(CCCCC2)N1. The number of carbonyl (C=O) groups excluding carboxylic acids is 1. The number of hydrogen-bond donors (Lipinski definition) is 2. The molecule has 2 fully saturated rings. The van der Waals surface area contributed by atoms with Crippen molar-refractivity contribution in [2.45, 2.75) is 51.0 Å². The molecule has 1 aliphatic carbocycles. The molecule has 4 nitrogen and oxygen atoms in total. The maximum Gasteiger partial charge on any atom is 0.252 e. The zero-order chi connectivity index (χ0) is 10.7. The second-order valence-electron chi connectivity index (χ2n) is 4.45. The monoisotopic (exact) mass is 209 g/mol. The van der Waals surface area contributed by atoms with Crippen LogP contribution in [0.1, 0.15) is 45.4 Å². The van der Waals surface area contributed by atoms with Gasteiger partial charge in [0.05, 0.1) is 0 Å². The van der Waals surface area contributed by atoms with Gasteiger partial charge in [0.25, 0.3) is 5.91 Å². The first-order valence-corrected chi connectivity index (χ1v) is 5.91. The summed E-state index contributed by atoms with van der Waals surface area (Å²) in [6, 6.07) is 0. The molecule has 4 heteroatoms. The fourth-order valence-corrected chi connectivity index (χ4v) is 2.35. The van der Waals surface area contributed by atoms with Crippen molar-refractivity contribution in [2.75, 3.05) is 6.54 Å². The highest BCUT2D eigenvalue weighted by Gasteiger charge is 2.45. The highest BCUT2D eigenvalue weighted by atomic mass is 16.2. The standard InChI is InChI=1S/C11H19N3O/c1-2-8-12-10-13-9(15)11(14-10)6-4-3-5-7-11/h2-8H2,1H3,(H2,12,13,14,15). The summed E-state index contributed by atoms with van der Waals surface area (Å²) in [6.45, 7) is 2.86. The first-order chi connectivity index (χ1) is 7.27. The van der Waals surface area contributed by atoms with Crippen molar-refractivity contribution in [1.29, 1.82) is 0 Å². The molecule has 15 heavy (non-hydrogen) atoms. The van der Waals surface area contributed by atoms with Gasteiger partial charge >= 0.3 is 0 Å². The zero-order valence-corrected chi connectivity index (χ0v) is 9.31. The van der Waals surface area contributed by atoms with Gasteiger partial charge in [0, 0.05) is 6.54 Å². The topological polar surface area (TPSA) is 53.5 Å². The summed E-state index contributed by atoms with van der Waals surface area (Å²) in [7, 11) is 0. The van der Waals surface area contributed by atoms with Crippen molar-refractivity contribution in [1.82, 2.24) is 10.6 Å². The Morgan fingerprint density at radius 3 is 2.73 bits per heavy atom. The summed E-state index contributed by atoms with van der Waals surface area (Å²) in [5.41, 5.74) is -0.329. The van der Waals surface area contributed by atoms with Gasteiger partial charge in [-0.1, -0.05) is 26.2 Å². The Balaban J connectivity index is 2.05. The average Bonchev–Trinajstić information content (AvgIpc) is 2.54. The van der Waals surface area contributed by atoms with Crippen LogP contribution < -0.4 is 10.6 Å². The summed E-state index contributed by atoms with van der Waals surface area (Å²) in [4.78, 5) is 16.2. The molecule has 0 aromatic heterocycles. The fraction of sp³-hybridized carbons (Fsp3) is 0.818. The van der Waals surface area contributed by atoms with Crippen LogP contribution in [0, 0.1) is 0 Å². The largest absolute Gasteiger partial charge is 0.342 e. The second kappa shape index (κ2) is 4.21. The van der Waals surface area contributed by atoms with Gasteiger partial charge < -0.3 is 5.32 Å². The third-order valence-corrected chi connectivity index (χ3v) is 3.22. The van der Waals surface area contributed by atoms with Crippen LogP contribution in [0.2, 0.25) is 0 Å². The van der Waals surface area contributed by atoms with Crippen LogP contribution in [0.25, 0.3) is 0 Å². The van der Waals surface area contributed by atoms with Crippen LogP contribution in [0.3, 0.4) is 0 Å². The highest BCUT2D eigenvalue weighted by Crippen LogP contribution is 2.30. The van der Waals surface area contributed by atoms with Crippen LogP contribution in [0.4, 0.5) is 0 Å². The second-order valence-corrected chi connectivity index (χ2v) is 4.45. The number of carbonyl (C=O) groups is 1. The quantitative estimate of drug-likeness (QED) is 0.717. The van der Waals surface area contributed by atoms with E-state index in [1.807, 2.05) is 0 Å². The van der Waals surface area contributed by atoms with E-state index in [1.54, 1.807) is 0 Å². The highest BCUT2D eigenvalue weighted by molar-refractivity contribution is 6.09. The molecule has 84 valence electrons. The Hall–Kier alpha value is -1.06. The van der Waals surface area contributed by atoms with E-state index in [1.165, 1.54) is 6.42 Å². The van der Waals surface area contributed by atoms with E-state index in [0.717, 1.165) is 38.6 Å². The molecular formula is C11H19N3O. The third kappa shape index (κ3) is 1.98. The number of nitrogens with one attached hydrogen (secondary N) is 2. The smallest absolute Gasteiger partial charge is 0.252 e. The van der Waals surface area contributed by atoms with Gasteiger partial charge in [-0.25, -0.2) is 0 Å². The van der Waals surface area contributed by atoms with E-state index < -0.39 is 0 Å². The van der Waals surface area contributed by atoms with Gasteiger partial charge in [0.1, 0.15) is 5.54 Å². The molecule has 1 heterocycles. The van der Waals surface area contributed by atoms with Gasteiger partial charge in [0.2, 0.25) is 0 Å². The molecule has 1 saturated carbocycles. The predicted molar refractivity (Wildman–Crippen MR) is 59.7 cm³/mol. The van der Waals surface area contributed by atoms with Gasteiger partial charge in [-0.15, -0.1) is 0 Å². The van der Waals surface area contributed by atoms with Crippen molar-refractivity contribution < 1.29 is 4.79 Å². The van der Waals surface area contributed by atoms with Crippen molar-refractivity contribution >= 4 is 11.9 Å². The Bertz CT molecular complexity index is 280. The molecule has 1 spiro atoms. The minimum Gasteiger partial charge on any atom is -0.342 e. The number of guanidine groups is 1. The van der Waals surface area contributed by atoms with Crippen molar-refractivity contribution in [3.8, 4) is 0 Å². The molecule has 0 bridgehead atoms. The summed E-state index contributed by atoms with van der Waals surface area (Å²) in [5.74, 6) is 0.806. The molecule has 0 unspecified atom stereocenters. The van der Waals surface area contributed by atoms with E-state index in [9.17, 15) is 4.79 Å². The average molecular weight is 209 g/mol. The number of hydrogen-bond acceptors (Lipinski definition) is 2. The fourth-order valence-electron chi connectivity index (χ4n) is 2.35. The summed E-state index contributed by atoms with van der Waals surface area (Å²) >= 11 is 0. The van der Waals surface area contributed by atoms with E-state index in [0.29, 0.717) is 5.96 Å². The Morgan fingerprint density at radius 1 is 1.33 bits per heavy atom. The Labute approximate surface area is 90.5 Å². The van der Waals surface area contributed by atoms with E-state index in [2.05, 4.69) is 22.5 Å². The van der Waals surface area contributed by atoms with Gasteiger partial charge in [-0.3, -0.25) is 15.1 Å². The summed E-state index contributed by atoms with van der Waals surface area (Å²) in [5, 5.41) is 6.13. The number of aliphatic imine (C=N–C) groups is 1. The van der Waals surface area contributed by atoms with Crippen LogP contribution >= 0.6 is 0 Å². The van der Waals surface area contributed by atoms with Crippen LogP contribution in [0.15, 0.2) is 4.99 Å². The zero-order valence-electron chi connectivity index (χ0n) is 9.31. The van der Waals surface area contributed by atoms with E-state index >= 15 is 0 Å². The lowest BCUT2D eigenvalue weighted by atomic mass is 9.82. The predicted octanol–water partition coefficient (Wildman–Crippen LogP) is 1.17. The molecular weight excluding hydrogens is 190 g/mol. The lowest BCUT2D eigenvalue weighted by molar-refractivity contribution is -0.125. The molecule has 2 aliphatic rings. The first-order valence-electron chi connectivity index (χ1n) is 5.91. The molecule has 2 N–H and O–H groups in total. The minimum atomic E-state index is -0.329. The molecule has 2 rings (SSSR count). The van der Waals surface area contributed by atoms with E-state index in [-0.39, 0.29) is 11.4 Å². The molecule has 0 atom stereocenters. The van der Waals surface area contributed by atoms with Crippen molar-refractivity contribution in [3.05, 3.63) is 0 Å². The Kier molecular flexibility index (Phi) is 2.93. The normalized spacial score (nSPS) is 26.7. The van der Waals surface area contributed by atoms with Gasteiger partial charge in [0.15, 0.2) is 5.96 Å². The molecule has 1 saturated heterocycles. The lowest BCUT2D eigenvalue weighted by Gasteiger charge is -2.30. The number of rotatable bonds is 2. The third-order valence-electron chi connectivity index (χ3n) is 3.22. The van der Waals surface area contributed by atoms with Crippen molar-refractivity contribution in [2.24, 2.45) is 4.99 Å². The molecule has 1 amide bonds. The molecule has 0 aromatic carbocycles. The van der Waals surface area contributed by atoms with E-state index in [4.69, 9.17) is 0 Å². The molecule has 1 aliphatic heterocycles. The number of nitrogens with zero attached hydrogens (tertiary/aromatic N) is 1. The summed E-state index contributed by atoms with van der Waals surface area (Å²) < 4.78 is 0. The maximum atomic E-state index is 11.9. The van der Waals surface area contributed by atoms with Crippen LogP contribution in [0.5, 0.6) is 0 Å². The Morgan fingerprint density at radius 2 is 2.07 bits per heavy atom. The van der Waals surface area contributed by atoms with Crippen molar-refractivity contribution in [3.63, 3.8) is 0 Å². The lowest BCUT2D eigenvalue weighted by Crippen LogP contribution is -2.48. The van der Waals surface area contributed by atoms with Crippen LogP contribution in [-0.4, -0.2) is 24.0 Å². The molecule has 0 aromatic rings. The maximum absolute atomic E-state index is 11.9. The minimum absolute atomic E-state index is 0.122. The summed E-state index contributed by atoms with van der Waals surface area (Å²) in [6.07, 6.45) is 6.43.